The Balaban J connectivity index is 2.09. The van der Waals surface area contributed by atoms with Crippen LogP contribution in [0.2, 0.25) is 0 Å². The van der Waals surface area contributed by atoms with E-state index >= 15 is 0 Å². The van der Waals surface area contributed by atoms with E-state index in [2.05, 4.69) is 20.9 Å². The van der Waals surface area contributed by atoms with Crippen LogP contribution in [0.25, 0.3) is 0 Å². The van der Waals surface area contributed by atoms with Crippen LogP contribution < -0.4 is 0 Å². The zero-order chi connectivity index (χ0) is 12.4. The number of rotatable bonds is 1. The third kappa shape index (κ3) is 2.76. The Morgan fingerprint density at radius 2 is 2.29 bits per heavy atom. The minimum atomic E-state index is -0.980. The molecule has 2 unspecified atom stereocenters. The van der Waals surface area contributed by atoms with E-state index in [9.17, 15) is 9.90 Å². The van der Waals surface area contributed by atoms with Gasteiger partial charge in [0.2, 0.25) is 0 Å². The summed E-state index contributed by atoms with van der Waals surface area (Å²) in [5.74, 6) is -0.0845. The molecule has 1 aromatic rings. The second-order valence-corrected chi connectivity index (χ2v) is 5.01. The van der Waals surface area contributed by atoms with Crippen molar-refractivity contribution in [3.05, 3.63) is 28.5 Å². The van der Waals surface area contributed by atoms with Crippen molar-refractivity contribution in [1.29, 1.82) is 0 Å². The summed E-state index contributed by atoms with van der Waals surface area (Å²) in [6.45, 7) is 0.590. The monoisotopic (exact) mass is 300 g/mol. The number of likely N-dealkylation sites (tertiary alicyclic amines) is 1. The Kier molecular flexibility index (Phi) is 3.63. The second kappa shape index (κ2) is 5.01. The first kappa shape index (κ1) is 12.3. The molecule has 1 fully saturated rings. The van der Waals surface area contributed by atoms with Crippen LogP contribution in [-0.2, 0) is 0 Å². The molecule has 2 N–H and O–H groups in total. The number of β-amino-alcohol motifs (C(OH)–C–C–N with tert-alkyl or cyclic N) is 1. The summed E-state index contributed by atoms with van der Waals surface area (Å²) in [6, 6.07) is 3.73. The van der Waals surface area contributed by atoms with Crippen LogP contribution in [0.3, 0.4) is 0 Å². The number of hydrogen-bond donors (Lipinski definition) is 2. The highest BCUT2D eigenvalue weighted by Gasteiger charge is 2.31. The van der Waals surface area contributed by atoms with Crippen molar-refractivity contribution in [2.75, 3.05) is 13.1 Å². The molecule has 2 heterocycles. The normalized spacial score (nSPS) is 24.7. The highest BCUT2D eigenvalue weighted by Crippen LogP contribution is 2.27. The van der Waals surface area contributed by atoms with E-state index in [1.807, 2.05) is 12.1 Å². The van der Waals surface area contributed by atoms with Crippen LogP contribution in [0.4, 0.5) is 4.79 Å². The molecule has 6 heteroatoms. The van der Waals surface area contributed by atoms with Crippen molar-refractivity contribution < 1.29 is 15.0 Å². The average Bonchev–Trinajstić information content (AvgIpc) is 2.30. The predicted molar refractivity (Wildman–Crippen MR) is 64.9 cm³/mol. The summed E-state index contributed by atoms with van der Waals surface area (Å²) in [5.41, 5.74) is 0.811. The first-order chi connectivity index (χ1) is 8.08. The van der Waals surface area contributed by atoms with Gasteiger partial charge in [-0.15, -0.1) is 0 Å². The number of nitrogens with zero attached hydrogens (tertiary/aromatic N) is 2. The summed E-state index contributed by atoms with van der Waals surface area (Å²) < 4.78 is 0.888. The molecule has 2 atom stereocenters. The van der Waals surface area contributed by atoms with Crippen molar-refractivity contribution >= 4 is 22.0 Å². The molecule has 0 bridgehead atoms. The smallest absolute Gasteiger partial charge is 0.407 e. The molecule has 0 aromatic carbocycles. The van der Waals surface area contributed by atoms with Crippen molar-refractivity contribution in [2.45, 2.75) is 18.4 Å². The SMILES string of the molecule is O=C(O)N1CCC(c2ccc(Br)cn2)C(O)C1. The van der Waals surface area contributed by atoms with Gasteiger partial charge in [0.05, 0.1) is 12.6 Å². The molecule has 1 aromatic heterocycles. The minimum absolute atomic E-state index is 0.0845. The van der Waals surface area contributed by atoms with Gasteiger partial charge < -0.3 is 15.1 Å². The molecular formula is C11H13BrN2O3. The minimum Gasteiger partial charge on any atom is -0.465 e. The topological polar surface area (TPSA) is 73.7 Å². The second-order valence-electron chi connectivity index (χ2n) is 4.09. The zero-order valence-electron chi connectivity index (χ0n) is 9.08. The Morgan fingerprint density at radius 1 is 1.53 bits per heavy atom. The van der Waals surface area contributed by atoms with Crippen LogP contribution in [0.1, 0.15) is 18.0 Å². The Labute approximate surface area is 107 Å². The first-order valence-corrected chi connectivity index (χ1v) is 6.14. The van der Waals surface area contributed by atoms with Gasteiger partial charge in [-0.05, 0) is 34.5 Å². The molecule has 0 spiro atoms. The van der Waals surface area contributed by atoms with Gasteiger partial charge in [-0.25, -0.2) is 4.79 Å². The van der Waals surface area contributed by atoms with E-state index in [4.69, 9.17) is 5.11 Å². The number of piperidine rings is 1. The van der Waals surface area contributed by atoms with E-state index in [0.29, 0.717) is 13.0 Å². The molecule has 0 aliphatic carbocycles. The molecule has 0 radical (unpaired) electrons. The summed E-state index contributed by atoms with van der Waals surface area (Å²) in [4.78, 5) is 16.3. The molecule has 1 saturated heterocycles. The summed E-state index contributed by atoms with van der Waals surface area (Å²) in [7, 11) is 0. The molecule has 1 aliphatic heterocycles. The van der Waals surface area contributed by atoms with Crippen LogP contribution in [0.15, 0.2) is 22.8 Å². The number of carboxylic acid groups (broad SMARTS) is 1. The van der Waals surface area contributed by atoms with Crippen molar-refractivity contribution in [2.24, 2.45) is 0 Å². The first-order valence-electron chi connectivity index (χ1n) is 5.35. The lowest BCUT2D eigenvalue weighted by Gasteiger charge is -2.33. The number of hydrogen-bond acceptors (Lipinski definition) is 3. The number of halogens is 1. The van der Waals surface area contributed by atoms with Crippen LogP contribution in [-0.4, -0.2) is 45.4 Å². The van der Waals surface area contributed by atoms with Crippen LogP contribution in [0, 0.1) is 0 Å². The largest absolute Gasteiger partial charge is 0.465 e. The molecular weight excluding hydrogens is 288 g/mol. The van der Waals surface area contributed by atoms with Crippen molar-refractivity contribution in [1.82, 2.24) is 9.88 Å². The van der Waals surface area contributed by atoms with Crippen molar-refractivity contribution in [3.8, 4) is 0 Å². The molecule has 5 nitrogen and oxygen atoms in total. The molecule has 17 heavy (non-hydrogen) atoms. The maximum absolute atomic E-state index is 10.8. The highest BCUT2D eigenvalue weighted by atomic mass is 79.9. The summed E-state index contributed by atoms with van der Waals surface area (Å²) in [6.07, 6.45) is 0.619. The Morgan fingerprint density at radius 3 is 2.82 bits per heavy atom. The number of aliphatic hydroxyl groups is 1. The lowest BCUT2D eigenvalue weighted by atomic mass is 9.90. The fourth-order valence-electron chi connectivity index (χ4n) is 2.06. The summed E-state index contributed by atoms with van der Waals surface area (Å²) in [5, 5.41) is 18.8. The number of aliphatic hydroxyl groups excluding tert-OH is 1. The van der Waals surface area contributed by atoms with E-state index in [0.717, 1.165) is 10.2 Å². The van der Waals surface area contributed by atoms with E-state index in [-0.39, 0.29) is 12.5 Å². The van der Waals surface area contributed by atoms with E-state index < -0.39 is 12.2 Å². The van der Waals surface area contributed by atoms with Crippen molar-refractivity contribution in [3.63, 3.8) is 0 Å². The standard InChI is InChI=1S/C11H13BrN2O3/c12-7-1-2-9(13-5-7)8-3-4-14(11(16)17)6-10(8)15/h1-2,5,8,10,15H,3-4,6H2,(H,16,17). The van der Waals surface area contributed by atoms with Gasteiger partial charge in [0.1, 0.15) is 0 Å². The third-order valence-electron chi connectivity index (χ3n) is 2.98. The maximum atomic E-state index is 10.8. The van der Waals surface area contributed by atoms with Gasteiger partial charge in [-0.1, -0.05) is 0 Å². The Hall–Kier alpha value is -1.14. The van der Waals surface area contributed by atoms with E-state index in [1.54, 1.807) is 6.20 Å². The number of amides is 1. The highest BCUT2D eigenvalue weighted by molar-refractivity contribution is 9.10. The van der Waals surface area contributed by atoms with Gasteiger partial charge in [0.15, 0.2) is 0 Å². The fourth-order valence-corrected chi connectivity index (χ4v) is 2.29. The quantitative estimate of drug-likeness (QED) is 0.827. The fraction of sp³-hybridized carbons (Fsp3) is 0.455. The number of carbonyl (C=O) groups is 1. The van der Waals surface area contributed by atoms with Gasteiger partial charge >= 0.3 is 6.09 Å². The zero-order valence-corrected chi connectivity index (χ0v) is 10.7. The number of aromatic nitrogens is 1. The van der Waals surface area contributed by atoms with E-state index in [1.165, 1.54) is 4.90 Å². The lowest BCUT2D eigenvalue weighted by molar-refractivity contribution is 0.0493. The summed E-state index contributed by atoms with van der Waals surface area (Å²) >= 11 is 3.30. The molecule has 1 amide bonds. The maximum Gasteiger partial charge on any atom is 0.407 e. The van der Waals surface area contributed by atoms with Crippen LogP contribution >= 0.6 is 15.9 Å². The molecule has 2 rings (SSSR count). The molecule has 1 aliphatic rings. The van der Waals surface area contributed by atoms with Gasteiger partial charge in [-0.3, -0.25) is 4.98 Å². The lowest BCUT2D eigenvalue weighted by Crippen LogP contribution is -2.45. The van der Waals surface area contributed by atoms with Gasteiger partial charge in [0.25, 0.3) is 0 Å². The van der Waals surface area contributed by atoms with Gasteiger partial charge in [-0.2, -0.15) is 0 Å². The third-order valence-corrected chi connectivity index (χ3v) is 3.45. The predicted octanol–water partition coefficient (Wildman–Crippen LogP) is 1.67. The average molecular weight is 301 g/mol. The molecule has 92 valence electrons. The van der Waals surface area contributed by atoms with Gasteiger partial charge in [0, 0.05) is 28.8 Å². The number of pyridine rings is 1. The Bertz CT molecular complexity index is 410. The molecule has 0 saturated carbocycles. The van der Waals surface area contributed by atoms with Crippen LogP contribution in [0.5, 0.6) is 0 Å².